The molecule has 0 aliphatic carbocycles. The second-order valence-electron chi connectivity index (χ2n) is 5.27. The van der Waals surface area contributed by atoms with Gasteiger partial charge in [0, 0.05) is 5.69 Å². The average Bonchev–Trinajstić information content (AvgIpc) is 2.56. The third kappa shape index (κ3) is 1.84. The lowest BCUT2D eigenvalue weighted by Crippen LogP contribution is -2.25. The summed E-state index contributed by atoms with van der Waals surface area (Å²) in [6.07, 6.45) is 0. The van der Waals surface area contributed by atoms with Gasteiger partial charge < -0.3 is 10.6 Å². The maximum absolute atomic E-state index is 6.47. The minimum Gasteiger partial charge on any atom is -0.320 e. The number of para-hydroxylation sites is 3. The van der Waals surface area contributed by atoms with Crippen LogP contribution in [-0.2, 0) is 0 Å². The van der Waals surface area contributed by atoms with Gasteiger partial charge in [0.2, 0.25) is 0 Å². The van der Waals surface area contributed by atoms with Crippen LogP contribution in [0.1, 0.15) is 17.2 Å². The molecule has 0 fully saturated rings. The van der Waals surface area contributed by atoms with Crippen molar-refractivity contribution in [2.45, 2.75) is 6.04 Å². The molecule has 2 nitrogen and oxygen atoms in total. The first-order chi connectivity index (χ1) is 10.4. The molecule has 3 aromatic rings. The van der Waals surface area contributed by atoms with Gasteiger partial charge in [-0.3, -0.25) is 0 Å². The van der Waals surface area contributed by atoms with Crippen LogP contribution in [0.25, 0.3) is 0 Å². The predicted molar refractivity (Wildman–Crippen MR) is 87.2 cm³/mol. The number of nitrogens with two attached hydrogens (primary N) is 1. The Morgan fingerprint density at radius 2 is 1.10 bits per heavy atom. The molecule has 0 spiro atoms. The predicted octanol–water partition coefficient (Wildman–Crippen LogP) is 4.52. The van der Waals surface area contributed by atoms with Gasteiger partial charge in [0.1, 0.15) is 0 Å². The molecule has 102 valence electrons. The molecule has 0 amide bonds. The quantitative estimate of drug-likeness (QED) is 0.705. The summed E-state index contributed by atoms with van der Waals surface area (Å²) in [5.74, 6) is 0. The van der Waals surface area contributed by atoms with E-state index in [2.05, 4.69) is 77.7 Å². The zero-order chi connectivity index (χ0) is 14.2. The first-order valence-electron chi connectivity index (χ1n) is 7.15. The van der Waals surface area contributed by atoms with Crippen molar-refractivity contribution in [3.63, 3.8) is 0 Å². The van der Waals surface area contributed by atoms with E-state index in [1.54, 1.807) is 0 Å². The van der Waals surface area contributed by atoms with Crippen molar-refractivity contribution in [3.05, 3.63) is 90.0 Å². The Kier molecular flexibility index (Phi) is 2.76. The van der Waals surface area contributed by atoms with E-state index >= 15 is 0 Å². The highest BCUT2D eigenvalue weighted by atomic mass is 15.2. The third-order valence-corrected chi connectivity index (χ3v) is 4.04. The SMILES string of the molecule is NC1c2ccccc2N(c2ccccc2)c2ccccc21. The second-order valence-corrected chi connectivity index (χ2v) is 5.27. The van der Waals surface area contributed by atoms with Gasteiger partial charge in [0.25, 0.3) is 0 Å². The van der Waals surface area contributed by atoms with Crippen molar-refractivity contribution in [2.24, 2.45) is 5.73 Å². The molecule has 0 unspecified atom stereocenters. The van der Waals surface area contributed by atoms with Gasteiger partial charge in [-0.2, -0.15) is 0 Å². The van der Waals surface area contributed by atoms with Crippen LogP contribution in [-0.4, -0.2) is 0 Å². The highest BCUT2D eigenvalue weighted by Crippen LogP contribution is 2.46. The minimum absolute atomic E-state index is 0.0719. The molecule has 0 radical (unpaired) electrons. The van der Waals surface area contributed by atoms with Gasteiger partial charge in [0.05, 0.1) is 17.4 Å². The second kappa shape index (κ2) is 4.76. The van der Waals surface area contributed by atoms with E-state index in [-0.39, 0.29) is 6.04 Å². The van der Waals surface area contributed by atoms with Crippen LogP contribution in [0.3, 0.4) is 0 Å². The molecule has 21 heavy (non-hydrogen) atoms. The summed E-state index contributed by atoms with van der Waals surface area (Å²) < 4.78 is 0. The van der Waals surface area contributed by atoms with E-state index in [0.717, 1.165) is 17.1 Å². The molecule has 1 aliphatic rings. The zero-order valence-corrected chi connectivity index (χ0v) is 11.6. The molecule has 1 aliphatic heterocycles. The highest BCUT2D eigenvalue weighted by Gasteiger charge is 2.28. The van der Waals surface area contributed by atoms with Crippen LogP contribution in [0.4, 0.5) is 17.1 Å². The summed E-state index contributed by atoms with van der Waals surface area (Å²) >= 11 is 0. The standard InChI is InChI=1S/C19H16N2/c20-19-15-10-4-6-12-17(15)21(14-8-2-1-3-9-14)18-13-7-5-11-16(18)19/h1-13,19H,20H2. The largest absolute Gasteiger partial charge is 0.320 e. The molecule has 0 bridgehead atoms. The van der Waals surface area contributed by atoms with Gasteiger partial charge in [-0.15, -0.1) is 0 Å². The molecule has 2 heteroatoms. The van der Waals surface area contributed by atoms with Crippen LogP contribution < -0.4 is 10.6 Å². The number of rotatable bonds is 1. The van der Waals surface area contributed by atoms with E-state index < -0.39 is 0 Å². The summed E-state index contributed by atoms with van der Waals surface area (Å²) in [5.41, 5.74) is 12.3. The summed E-state index contributed by atoms with van der Waals surface area (Å²) in [4.78, 5) is 2.29. The van der Waals surface area contributed by atoms with Crippen LogP contribution in [0.15, 0.2) is 78.9 Å². The summed E-state index contributed by atoms with van der Waals surface area (Å²) in [6, 6.07) is 27.1. The van der Waals surface area contributed by atoms with E-state index in [1.807, 2.05) is 6.07 Å². The monoisotopic (exact) mass is 272 g/mol. The molecule has 1 heterocycles. The average molecular weight is 272 g/mol. The van der Waals surface area contributed by atoms with E-state index in [4.69, 9.17) is 5.73 Å². The fourth-order valence-electron chi connectivity index (χ4n) is 3.06. The van der Waals surface area contributed by atoms with E-state index in [9.17, 15) is 0 Å². The Labute approximate surface area is 124 Å². The summed E-state index contributed by atoms with van der Waals surface area (Å²) in [6.45, 7) is 0. The van der Waals surface area contributed by atoms with Crippen molar-refractivity contribution in [2.75, 3.05) is 4.90 Å². The molecule has 2 N–H and O–H groups in total. The van der Waals surface area contributed by atoms with Gasteiger partial charge in [-0.1, -0.05) is 54.6 Å². The Morgan fingerprint density at radius 3 is 1.67 bits per heavy atom. The molecule has 4 rings (SSSR count). The van der Waals surface area contributed by atoms with Gasteiger partial charge in [-0.25, -0.2) is 0 Å². The molecule has 0 aromatic heterocycles. The molecule has 0 atom stereocenters. The van der Waals surface area contributed by atoms with Crippen molar-refractivity contribution in [3.8, 4) is 0 Å². The zero-order valence-electron chi connectivity index (χ0n) is 11.6. The third-order valence-electron chi connectivity index (χ3n) is 4.04. The van der Waals surface area contributed by atoms with Crippen molar-refractivity contribution >= 4 is 17.1 Å². The molecule has 0 saturated carbocycles. The normalized spacial score (nSPS) is 13.7. The van der Waals surface area contributed by atoms with E-state index in [0.29, 0.717) is 0 Å². The first kappa shape index (κ1) is 12.2. The number of hydrogen-bond donors (Lipinski definition) is 1. The van der Waals surface area contributed by atoms with Crippen LogP contribution >= 0.6 is 0 Å². The van der Waals surface area contributed by atoms with Gasteiger partial charge >= 0.3 is 0 Å². The lowest BCUT2D eigenvalue weighted by atomic mass is 9.91. The van der Waals surface area contributed by atoms with Gasteiger partial charge in [0.15, 0.2) is 0 Å². The molecule has 0 saturated heterocycles. The smallest absolute Gasteiger partial charge is 0.0593 e. The number of nitrogens with zero attached hydrogens (tertiary/aromatic N) is 1. The number of anilines is 3. The minimum atomic E-state index is -0.0719. The first-order valence-corrected chi connectivity index (χ1v) is 7.15. The Morgan fingerprint density at radius 1 is 0.619 bits per heavy atom. The van der Waals surface area contributed by atoms with Crippen molar-refractivity contribution in [1.82, 2.24) is 0 Å². The number of benzene rings is 3. The van der Waals surface area contributed by atoms with Gasteiger partial charge in [-0.05, 0) is 35.4 Å². The number of hydrogen-bond acceptors (Lipinski definition) is 2. The van der Waals surface area contributed by atoms with Crippen molar-refractivity contribution < 1.29 is 0 Å². The Hall–Kier alpha value is -2.58. The van der Waals surface area contributed by atoms with Crippen LogP contribution in [0, 0.1) is 0 Å². The molecule has 3 aromatic carbocycles. The number of fused-ring (bicyclic) bond motifs is 2. The maximum atomic E-state index is 6.47. The fourth-order valence-corrected chi connectivity index (χ4v) is 3.06. The maximum Gasteiger partial charge on any atom is 0.0593 e. The van der Waals surface area contributed by atoms with Crippen LogP contribution in [0.5, 0.6) is 0 Å². The van der Waals surface area contributed by atoms with Crippen LogP contribution in [0.2, 0.25) is 0 Å². The highest BCUT2D eigenvalue weighted by molar-refractivity contribution is 5.84. The fraction of sp³-hybridized carbons (Fsp3) is 0.0526. The molecular weight excluding hydrogens is 256 g/mol. The summed E-state index contributed by atoms with van der Waals surface area (Å²) in [7, 11) is 0. The topological polar surface area (TPSA) is 29.3 Å². The summed E-state index contributed by atoms with van der Waals surface area (Å²) in [5, 5.41) is 0. The Balaban J connectivity index is 2.01. The molecular formula is C19H16N2. The van der Waals surface area contributed by atoms with Crippen molar-refractivity contribution in [1.29, 1.82) is 0 Å². The Bertz CT molecular complexity index is 733. The van der Waals surface area contributed by atoms with E-state index in [1.165, 1.54) is 11.1 Å². The lowest BCUT2D eigenvalue weighted by Gasteiger charge is -2.36. The lowest BCUT2D eigenvalue weighted by molar-refractivity contribution is 0.848.